The maximum atomic E-state index is 12.3. The van der Waals surface area contributed by atoms with Crippen molar-refractivity contribution in [2.75, 3.05) is 5.32 Å². The molecule has 2 aromatic carbocycles. The van der Waals surface area contributed by atoms with Gasteiger partial charge in [-0.05, 0) is 43.9 Å². The van der Waals surface area contributed by atoms with E-state index in [1.54, 1.807) is 0 Å². The van der Waals surface area contributed by atoms with Crippen LogP contribution in [0.15, 0.2) is 58.7 Å². The molecule has 0 spiro atoms. The molecule has 2 amide bonds. The summed E-state index contributed by atoms with van der Waals surface area (Å²) in [5.41, 5.74) is 5.20. The van der Waals surface area contributed by atoms with E-state index < -0.39 is 5.25 Å². The van der Waals surface area contributed by atoms with E-state index in [1.165, 1.54) is 17.3 Å². The summed E-state index contributed by atoms with van der Waals surface area (Å²) in [6, 6.07) is 15.8. The first-order chi connectivity index (χ1) is 14.1. The largest absolute Gasteiger partial charge is 0.326 e. The topological polar surface area (TPSA) is 82.9 Å². The van der Waals surface area contributed by atoms with Crippen LogP contribution in [0.25, 0.3) is 0 Å². The zero-order valence-electron chi connectivity index (χ0n) is 16.1. The van der Waals surface area contributed by atoms with Gasteiger partial charge >= 0.3 is 0 Å². The lowest BCUT2D eigenvalue weighted by molar-refractivity contribution is -0.122. The number of anilines is 1. The van der Waals surface area contributed by atoms with Crippen molar-refractivity contribution in [1.29, 1.82) is 0 Å². The van der Waals surface area contributed by atoms with E-state index in [0.29, 0.717) is 5.17 Å². The summed E-state index contributed by atoms with van der Waals surface area (Å²) >= 11 is 1.25. The summed E-state index contributed by atoms with van der Waals surface area (Å²) in [7, 11) is 0. The lowest BCUT2D eigenvalue weighted by Crippen LogP contribution is -2.28. The number of nitrogens with zero attached hydrogens (tertiary/aromatic N) is 2. The fraction of sp³-hybridized carbons (Fsp3) is 0.273. The first kappa shape index (κ1) is 19.4. The van der Waals surface area contributed by atoms with Crippen molar-refractivity contribution in [1.82, 2.24) is 5.32 Å². The Balaban J connectivity index is 1.39. The zero-order valence-corrected chi connectivity index (χ0v) is 17.0. The Morgan fingerprint density at radius 1 is 1.14 bits per heavy atom. The molecule has 0 saturated carbocycles. The molecule has 7 heteroatoms. The number of rotatable bonds is 4. The maximum absolute atomic E-state index is 12.3. The van der Waals surface area contributed by atoms with E-state index in [4.69, 9.17) is 0 Å². The van der Waals surface area contributed by atoms with Crippen LogP contribution in [0.2, 0.25) is 0 Å². The lowest BCUT2D eigenvalue weighted by atomic mass is 9.90. The van der Waals surface area contributed by atoms with Crippen LogP contribution >= 0.6 is 11.8 Å². The van der Waals surface area contributed by atoms with Crippen molar-refractivity contribution in [2.45, 2.75) is 37.9 Å². The van der Waals surface area contributed by atoms with E-state index in [0.717, 1.165) is 41.8 Å². The number of carbonyl (C=O) groups excluding carboxylic acids is 2. The Kier molecular flexibility index (Phi) is 5.76. The summed E-state index contributed by atoms with van der Waals surface area (Å²) in [6.45, 7) is 1.99. The van der Waals surface area contributed by atoms with E-state index in [2.05, 4.69) is 33.0 Å². The first-order valence-corrected chi connectivity index (χ1v) is 10.5. The molecule has 29 heavy (non-hydrogen) atoms. The fourth-order valence-corrected chi connectivity index (χ4v) is 4.33. The quantitative estimate of drug-likeness (QED) is 0.761. The molecular formula is C22H22N4O2S. The molecule has 0 bridgehead atoms. The molecular weight excluding hydrogens is 384 g/mol. The van der Waals surface area contributed by atoms with Crippen molar-refractivity contribution < 1.29 is 9.59 Å². The molecule has 1 unspecified atom stereocenters. The smallest absolute Gasteiger partial charge is 0.240 e. The molecule has 6 nitrogen and oxygen atoms in total. The third-order valence-corrected chi connectivity index (χ3v) is 6.00. The molecule has 1 heterocycles. The van der Waals surface area contributed by atoms with Gasteiger partial charge in [0.25, 0.3) is 0 Å². The van der Waals surface area contributed by atoms with Crippen LogP contribution in [0.4, 0.5) is 5.69 Å². The van der Waals surface area contributed by atoms with E-state index in [-0.39, 0.29) is 18.2 Å². The maximum Gasteiger partial charge on any atom is 0.240 e. The van der Waals surface area contributed by atoms with Crippen LogP contribution in [0.1, 0.15) is 36.0 Å². The van der Waals surface area contributed by atoms with E-state index in [9.17, 15) is 9.59 Å². The second kappa shape index (κ2) is 8.61. The molecule has 1 saturated heterocycles. The van der Waals surface area contributed by atoms with E-state index in [1.807, 2.05) is 43.3 Å². The fourth-order valence-electron chi connectivity index (χ4n) is 3.41. The second-order valence-electron chi connectivity index (χ2n) is 7.18. The van der Waals surface area contributed by atoms with Gasteiger partial charge < -0.3 is 10.6 Å². The van der Waals surface area contributed by atoms with Crippen LogP contribution in [0.3, 0.4) is 0 Å². The van der Waals surface area contributed by atoms with Crippen LogP contribution in [-0.2, 0) is 16.0 Å². The normalized spacial score (nSPS) is 21.1. The number of hydrogen-bond donors (Lipinski definition) is 2. The van der Waals surface area contributed by atoms with Gasteiger partial charge in [0.1, 0.15) is 5.25 Å². The van der Waals surface area contributed by atoms with Crippen molar-refractivity contribution in [3.8, 4) is 0 Å². The standard InChI is InChI=1S/C22H22N4O2S/c1-14-9-11-16(12-10-14)23-20(27)13-19-21(28)24-22(29-19)26-25-18-8-4-6-15-5-2-3-7-17(15)18/h2-3,5,7,9-12,19H,4,6,8,13H2,1H3,(H,23,27)(H,24,26,28). The highest BCUT2D eigenvalue weighted by atomic mass is 32.2. The Labute approximate surface area is 173 Å². The van der Waals surface area contributed by atoms with Gasteiger partial charge in [0.15, 0.2) is 5.17 Å². The van der Waals surface area contributed by atoms with Crippen LogP contribution < -0.4 is 10.6 Å². The lowest BCUT2D eigenvalue weighted by Gasteiger charge is -2.16. The van der Waals surface area contributed by atoms with Gasteiger partial charge in [-0.3, -0.25) is 9.59 Å². The molecule has 0 aromatic heterocycles. The predicted molar refractivity (Wildman–Crippen MR) is 117 cm³/mol. The number of benzene rings is 2. The van der Waals surface area contributed by atoms with Gasteiger partial charge in [0.2, 0.25) is 11.8 Å². The van der Waals surface area contributed by atoms with Gasteiger partial charge in [-0.1, -0.05) is 53.7 Å². The van der Waals surface area contributed by atoms with Gasteiger partial charge in [-0.25, -0.2) is 0 Å². The monoisotopic (exact) mass is 406 g/mol. The summed E-state index contributed by atoms with van der Waals surface area (Å²) in [6.07, 6.45) is 3.05. The average Bonchev–Trinajstić information content (AvgIpc) is 3.07. The Hall–Kier alpha value is -2.93. The number of hydrogen-bond acceptors (Lipinski definition) is 5. The molecule has 1 atom stereocenters. The van der Waals surface area contributed by atoms with Gasteiger partial charge in [-0.15, -0.1) is 5.10 Å². The van der Waals surface area contributed by atoms with E-state index >= 15 is 0 Å². The number of nitrogens with one attached hydrogen (secondary N) is 2. The highest BCUT2D eigenvalue weighted by molar-refractivity contribution is 8.15. The molecule has 0 radical (unpaired) electrons. The number of aryl methyl sites for hydroxylation is 2. The summed E-state index contributed by atoms with van der Waals surface area (Å²) in [5, 5.41) is 14.1. The highest BCUT2D eigenvalue weighted by Gasteiger charge is 2.32. The number of amidine groups is 1. The number of fused-ring (bicyclic) bond motifs is 1. The Morgan fingerprint density at radius 3 is 2.76 bits per heavy atom. The molecule has 2 aliphatic rings. The van der Waals surface area contributed by atoms with Crippen LogP contribution in [-0.4, -0.2) is 27.9 Å². The predicted octanol–water partition coefficient (Wildman–Crippen LogP) is 3.65. The number of carbonyl (C=O) groups is 2. The third-order valence-electron chi connectivity index (χ3n) is 4.93. The molecule has 2 N–H and O–H groups in total. The highest BCUT2D eigenvalue weighted by Crippen LogP contribution is 2.25. The van der Waals surface area contributed by atoms with Crippen LogP contribution in [0, 0.1) is 6.92 Å². The van der Waals surface area contributed by atoms with Crippen LogP contribution in [0.5, 0.6) is 0 Å². The zero-order chi connectivity index (χ0) is 20.2. The SMILES string of the molecule is Cc1ccc(NC(=O)CC2SC(=NN=C3CCCc4ccccc43)NC2=O)cc1. The second-order valence-corrected chi connectivity index (χ2v) is 8.37. The number of amides is 2. The molecule has 1 fully saturated rings. The molecule has 4 rings (SSSR count). The van der Waals surface area contributed by atoms with Crippen molar-refractivity contribution >= 4 is 40.1 Å². The summed E-state index contributed by atoms with van der Waals surface area (Å²) in [5.74, 6) is -0.410. The van der Waals surface area contributed by atoms with Gasteiger partial charge in [0.05, 0.1) is 5.71 Å². The average molecular weight is 407 g/mol. The summed E-state index contributed by atoms with van der Waals surface area (Å²) in [4.78, 5) is 24.5. The van der Waals surface area contributed by atoms with Gasteiger partial charge in [0, 0.05) is 17.7 Å². The minimum absolute atomic E-state index is 0.0861. The van der Waals surface area contributed by atoms with Crippen molar-refractivity contribution in [3.63, 3.8) is 0 Å². The Bertz CT molecular complexity index is 998. The minimum Gasteiger partial charge on any atom is -0.326 e. The van der Waals surface area contributed by atoms with Crippen molar-refractivity contribution in [3.05, 3.63) is 65.2 Å². The van der Waals surface area contributed by atoms with Crippen molar-refractivity contribution in [2.24, 2.45) is 10.2 Å². The molecule has 148 valence electrons. The molecule has 1 aliphatic heterocycles. The Morgan fingerprint density at radius 2 is 1.93 bits per heavy atom. The minimum atomic E-state index is -0.502. The van der Waals surface area contributed by atoms with Gasteiger partial charge in [-0.2, -0.15) is 5.10 Å². The summed E-state index contributed by atoms with van der Waals surface area (Å²) < 4.78 is 0. The molecule has 2 aromatic rings. The third kappa shape index (κ3) is 4.74. The number of thioether (sulfide) groups is 1. The molecule has 1 aliphatic carbocycles. The first-order valence-electron chi connectivity index (χ1n) is 9.65.